The Morgan fingerprint density at radius 1 is 1.47 bits per heavy atom. The predicted molar refractivity (Wildman–Crippen MR) is 59.0 cm³/mol. The van der Waals surface area contributed by atoms with E-state index in [0.29, 0.717) is 6.42 Å². The van der Waals surface area contributed by atoms with Crippen LogP contribution < -0.4 is 0 Å². The molecule has 0 saturated heterocycles. The maximum Gasteiger partial charge on any atom is 0.134 e. The number of ketones is 1. The highest BCUT2D eigenvalue weighted by atomic mass is 16.1. The van der Waals surface area contributed by atoms with E-state index in [4.69, 9.17) is 0 Å². The van der Waals surface area contributed by atoms with Crippen molar-refractivity contribution in [2.24, 2.45) is 0 Å². The average Bonchev–Trinajstić information content (AvgIpc) is 2.56. The van der Waals surface area contributed by atoms with Crippen LogP contribution in [-0.2, 0) is 17.6 Å². The lowest BCUT2D eigenvalue weighted by atomic mass is 10.1. The monoisotopic (exact) mass is 202 g/mol. The predicted octanol–water partition coefficient (Wildman–Crippen LogP) is 2.03. The van der Waals surface area contributed by atoms with Gasteiger partial charge in [-0.05, 0) is 25.5 Å². The van der Waals surface area contributed by atoms with E-state index in [9.17, 15) is 4.79 Å². The van der Waals surface area contributed by atoms with Gasteiger partial charge < -0.3 is 0 Å². The van der Waals surface area contributed by atoms with Crippen molar-refractivity contribution in [3.63, 3.8) is 0 Å². The maximum atomic E-state index is 11.2. The number of carbonyl (C=O) groups excluding carboxylic acids is 1. The van der Waals surface area contributed by atoms with Crippen LogP contribution in [0.3, 0.4) is 0 Å². The molecule has 0 aliphatic rings. The number of hydrogen-bond donors (Lipinski definition) is 0. The van der Waals surface area contributed by atoms with E-state index in [1.165, 1.54) is 0 Å². The molecule has 0 spiro atoms. The Morgan fingerprint density at radius 3 is 2.93 bits per heavy atom. The van der Waals surface area contributed by atoms with E-state index >= 15 is 0 Å². The first-order valence-electron chi connectivity index (χ1n) is 5.17. The topological polar surface area (TPSA) is 34.4 Å². The van der Waals surface area contributed by atoms with Crippen LogP contribution in [0.15, 0.2) is 24.4 Å². The molecule has 0 radical (unpaired) electrons. The van der Waals surface area contributed by atoms with E-state index in [2.05, 4.69) is 12.0 Å². The zero-order valence-corrected chi connectivity index (χ0v) is 9.03. The third-order valence-electron chi connectivity index (χ3n) is 2.49. The molecule has 0 fully saturated rings. The summed E-state index contributed by atoms with van der Waals surface area (Å²) >= 11 is 0. The Hall–Kier alpha value is -1.64. The SMILES string of the molecule is CCc1nn2ccccc2c1CC(C)=O. The second kappa shape index (κ2) is 3.85. The van der Waals surface area contributed by atoms with Crippen molar-refractivity contribution in [2.45, 2.75) is 26.7 Å². The fraction of sp³-hybridized carbons (Fsp3) is 0.333. The van der Waals surface area contributed by atoms with Gasteiger partial charge in [0.25, 0.3) is 0 Å². The molecule has 0 aromatic carbocycles. The number of nitrogens with zero attached hydrogens (tertiary/aromatic N) is 2. The first-order valence-corrected chi connectivity index (χ1v) is 5.17. The molecule has 0 unspecified atom stereocenters. The smallest absolute Gasteiger partial charge is 0.134 e. The highest BCUT2D eigenvalue weighted by Crippen LogP contribution is 2.17. The van der Waals surface area contributed by atoms with Crippen LogP contribution in [0.2, 0.25) is 0 Å². The van der Waals surface area contributed by atoms with Gasteiger partial charge in [-0.2, -0.15) is 5.10 Å². The van der Waals surface area contributed by atoms with Crippen molar-refractivity contribution in [1.82, 2.24) is 9.61 Å². The summed E-state index contributed by atoms with van der Waals surface area (Å²) in [6.45, 7) is 3.68. The summed E-state index contributed by atoms with van der Waals surface area (Å²) in [4.78, 5) is 11.2. The van der Waals surface area contributed by atoms with Crippen LogP contribution in [0.4, 0.5) is 0 Å². The molecular formula is C12H14N2O. The van der Waals surface area contributed by atoms with E-state index < -0.39 is 0 Å². The highest BCUT2D eigenvalue weighted by molar-refractivity contribution is 5.81. The molecule has 0 aliphatic carbocycles. The van der Waals surface area contributed by atoms with Crippen LogP contribution >= 0.6 is 0 Å². The van der Waals surface area contributed by atoms with Gasteiger partial charge in [0.05, 0.1) is 11.2 Å². The summed E-state index contributed by atoms with van der Waals surface area (Å²) in [5.74, 6) is 0.184. The van der Waals surface area contributed by atoms with Gasteiger partial charge >= 0.3 is 0 Å². The zero-order chi connectivity index (χ0) is 10.8. The van der Waals surface area contributed by atoms with Crippen molar-refractivity contribution in [3.8, 4) is 0 Å². The molecule has 0 N–H and O–H groups in total. The van der Waals surface area contributed by atoms with E-state index in [1.54, 1.807) is 6.92 Å². The highest BCUT2D eigenvalue weighted by Gasteiger charge is 2.11. The lowest BCUT2D eigenvalue weighted by Crippen LogP contribution is -1.98. The third kappa shape index (κ3) is 1.77. The molecule has 2 aromatic heterocycles. The first kappa shape index (κ1) is 9.90. The van der Waals surface area contributed by atoms with Crippen LogP contribution in [0.5, 0.6) is 0 Å². The summed E-state index contributed by atoms with van der Waals surface area (Å²) in [5.41, 5.74) is 3.14. The van der Waals surface area contributed by atoms with Crippen LogP contribution in [0.25, 0.3) is 5.52 Å². The fourth-order valence-corrected chi connectivity index (χ4v) is 1.82. The van der Waals surface area contributed by atoms with Gasteiger partial charge in [-0.3, -0.25) is 4.79 Å². The molecule has 2 heterocycles. The fourth-order valence-electron chi connectivity index (χ4n) is 1.82. The molecular weight excluding hydrogens is 188 g/mol. The van der Waals surface area contributed by atoms with E-state index in [0.717, 1.165) is 23.2 Å². The van der Waals surface area contributed by atoms with E-state index in [1.807, 2.05) is 28.9 Å². The number of pyridine rings is 1. The first-order chi connectivity index (χ1) is 7.22. The van der Waals surface area contributed by atoms with Gasteiger partial charge in [0.2, 0.25) is 0 Å². The molecule has 0 aliphatic heterocycles. The summed E-state index contributed by atoms with van der Waals surface area (Å²) in [7, 11) is 0. The molecule has 0 amide bonds. The number of carbonyl (C=O) groups is 1. The minimum Gasteiger partial charge on any atom is -0.300 e. The Labute approximate surface area is 88.7 Å². The number of rotatable bonds is 3. The molecule has 0 bridgehead atoms. The number of aryl methyl sites for hydroxylation is 1. The van der Waals surface area contributed by atoms with Crippen molar-refractivity contribution < 1.29 is 4.79 Å². The Balaban J connectivity index is 2.61. The Bertz CT molecular complexity index is 499. The number of Topliss-reactive ketones (excluding diaryl/α,β-unsaturated/α-hetero) is 1. The quantitative estimate of drug-likeness (QED) is 0.763. The molecule has 15 heavy (non-hydrogen) atoms. The maximum absolute atomic E-state index is 11.2. The largest absolute Gasteiger partial charge is 0.300 e. The summed E-state index contributed by atoms with van der Waals surface area (Å²) < 4.78 is 1.84. The summed E-state index contributed by atoms with van der Waals surface area (Å²) in [6, 6.07) is 5.92. The molecule has 3 heteroatoms. The van der Waals surface area contributed by atoms with Gasteiger partial charge in [-0.15, -0.1) is 0 Å². The van der Waals surface area contributed by atoms with Crippen molar-refractivity contribution >= 4 is 11.3 Å². The zero-order valence-electron chi connectivity index (χ0n) is 9.03. The minimum atomic E-state index is 0.184. The minimum absolute atomic E-state index is 0.184. The van der Waals surface area contributed by atoms with Gasteiger partial charge in [0.1, 0.15) is 5.78 Å². The van der Waals surface area contributed by atoms with Gasteiger partial charge in [-0.25, -0.2) is 4.52 Å². The molecule has 0 atom stereocenters. The summed E-state index contributed by atoms with van der Waals surface area (Å²) in [5, 5.41) is 4.45. The molecule has 0 saturated carbocycles. The van der Waals surface area contributed by atoms with Crippen molar-refractivity contribution in [2.75, 3.05) is 0 Å². The molecule has 2 aromatic rings. The second-order valence-electron chi connectivity index (χ2n) is 3.69. The van der Waals surface area contributed by atoms with Crippen LogP contribution in [-0.4, -0.2) is 15.4 Å². The Kier molecular flexibility index (Phi) is 2.54. The van der Waals surface area contributed by atoms with Gasteiger partial charge in [-0.1, -0.05) is 13.0 Å². The van der Waals surface area contributed by atoms with Crippen molar-refractivity contribution in [3.05, 3.63) is 35.7 Å². The molecule has 2 rings (SSSR count). The van der Waals surface area contributed by atoms with E-state index in [-0.39, 0.29) is 5.78 Å². The lowest BCUT2D eigenvalue weighted by molar-refractivity contribution is -0.116. The van der Waals surface area contributed by atoms with Gasteiger partial charge in [0.15, 0.2) is 0 Å². The molecule has 3 nitrogen and oxygen atoms in total. The second-order valence-corrected chi connectivity index (χ2v) is 3.69. The number of fused-ring (bicyclic) bond motifs is 1. The molecule has 78 valence electrons. The van der Waals surface area contributed by atoms with Gasteiger partial charge in [0, 0.05) is 18.2 Å². The normalized spacial score (nSPS) is 10.8. The van der Waals surface area contributed by atoms with Crippen LogP contribution in [0.1, 0.15) is 25.1 Å². The average molecular weight is 202 g/mol. The Morgan fingerprint density at radius 2 is 2.27 bits per heavy atom. The third-order valence-corrected chi connectivity index (χ3v) is 2.49. The summed E-state index contributed by atoms with van der Waals surface area (Å²) in [6.07, 6.45) is 3.26. The standard InChI is InChI=1S/C12H14N2O/c1-3-11-10(8-9(2)15)12-6-4-5-7-14(12)13-11/h4-7H,3,8H2,1-2H3. The lowest BCUT2D eigenvalue weighted by Gasteiger charge is -1.97. The number of hydrogen-bond acceptors (Lipinski definition) is 2. The van der Waals surface area contributed by atoms with Crippen LogP contribution in [0, 0.1) is 0 Å². The van der Waals surface area contributed by atoms with Crippen molar-refractivity contribution in [1.29, 1.82) is 0 Å². The number of aromatic nitrogens is 2.